The Labute approximate surface area is 120 Å². The fourth-order valence-corrected chi connectivity index (χ4v) is 2.00. The lowest BCUT2D eigenvalue weighted by molar-refractivity contribution is 0.0601. The number of nitrogens with one attached hydrogen (secondary N) is 1. The number of carbonyl (C=O) groups is 1. The SMILES string of the molecule is CCN(CC)CC(O)CNc1ccccc1C(=O)OC. The van der Waals surface area contributed by atoms with Crippen LogP contribution < -0.4 is 5.32 Å². The standard InChI is InChI=1S/C15H24N2O3/c1-4-17(5-2)11-12(18)10-16-14-9-7-6-8-13(14)15(19)20-3/h6-9,12,16,18H,4-5,10-11H2,1-3H3. The molecule has 0 fully saturated rings. The number of likely N-dealkylation sites (N-methyl/N-ethyl adjacent to an activating group) is 1. The third-order valence-corrected chi connectivity index (χ3v) is 3.22. The zero-order valence-electron chi connectivity index (χ0n) is 12.4. The normalized spacial score (nSPS) is 12.2. The first-order valence-electron chi connectivity index (χ1n) is 6.93. The Balaban J connectivity index is 2.59. The minimum atomic E-state index is -0.486. The van der Waals surface area contributed by atoms with Crippen LogP contribution in [-0.2, 0) is 4.74 Å². The maximum Gasteiger partial charge on any atom is 0.339 e. The number of nitrogens with zero attached hydrogens (tertiary/aromatic N) is 1. The molecule has 0 aliphatic heterocycles. The van der Waals surface area contributed by atoms with Gasteiger partial charge in [-0.1, -0.05) is 26.0 Å². The summed E-state index contributed by atoms with van der Waals surface area (Å²) in [6.07, 6.45) is -0.486. The van der Waals surface area contributed by atoms with Crippen molar-refractivity contribution in [3.8, 4) is 0 Å². The van der Waals surface area contributed by atoms with E-state index in [0.29, 0.717) is 24.3 Å². The van der Waals surface area contributed by atoms with E-state index in [0.717, 1.165) is 13.1 Å². The summed E-state index contributed by atoms with van der Waals surface area (Å²) in [5.41, 5.74) is 1.16. The van der Waals surface area contributed by atoms with Crippen molar-refractivity contribution in [3.05, 3.63) is 29.8 Å². The minimum absolute atomic E-state index is 0.383. The molecule has 1 atom stereocenters. The van der Waals surface area contributed by atoms with Crippen LogP contribution in [0.15, 0.2) is 24.3 Å². The highest BCUT2D eigenvalue weighted by molar-refractivity contribution is 5.95. The fraction of sp³-hybridized carbons (Fsp3) is 0.533. The second kappa shape index (κ2) is 8.55. The number of aliphatic hydroxyl groups is 1. The van der Waals surface area contributed by atoms with Crippen molar-refractivity contribution in [2.75, 3.05) is 38.6 Å². The van der Waals surface area contributed by atoms with Gasteiger partial charge in [0.25, 0.3) is 0 Å². The first kappa shape index (κ1) is 16.5. The van der Waals surface area contributed by atoms with E-state index < -0.39 is 6.10 Å². The molecule has 0 saturated carbocycles. The Morgan fingerprint density at radius 1 is 1.35 bits per heavy atom. The second-order valence-corrected chi connectivity index (χ2v) is 4.56. The van der Waals surface area contributed by atoms with Gasteiger partial charge in [-0.2, -0.15) is 0 Å². The third kappa shape index (κ3) is 4.83. The van der Waals surface area contributed by atoms with Gasteiger partial charge >= 0.3 is 5.97 Å². The van der Waals surface area contributed by atoms with Crippen LogP contribution in [0.2, 0.25) is 0 Å². The second-order valence-electron chi connectivity index (χ2n) is 4.56. The summed E-state index contributed by atoms with van der Waals surface area (Å²) in [6, 6.07) is 7.12. The molecule has 1 rings (SSSR count). The molecule has 5 heteroatoms. The molecular formula is C15H24N2O3. The van der Waals surface area contributed by atoms with Gasteiger partial charge in [-0.3, -0.25) is 0 Å². The van der Waals surface area contributed by atoms with Gasteiger partial charge in [-0.05, 0) is 25.2 Å². The van der Waals surface area contributed by atoms with Crippen LogP contribution >= 0.6 is 0 Å². The summed E-state index contributed by atoms with van der Waals surface area (Å²) in [7, 11) is 1.36. The Morgan fingerprint density at radius 2 is 2.00 bits per heavy atom. The smallest absolute Gasteiger partial charge is 0.339 e. The summed E-state index contributed by atoms with van der Waals surface area (Å²) in [5.74, 6) is -0.383. The van der Waals surface area contributed by atoms with Crippen molar-refractivity contribution in [1.82, 2.24) is 4.90 Å². The number of benzene rings is 1. The lowest BCUT2D eigenvalue weighted by Crippen LogP contribution is -2.36. The number of ether oxygens (including phenoxy) is 1. The highest BCUT2D eigenvalue weighted by atomic mass is 16.5. The van der Waals surface area contributed by atoms with Crippen molar-refractivity contribution in [3.63, 3.8) is 0 Å². The van der Waals surface area contributed by atoms with Gasteiger partial charge < -0.3 is 20.1 Å². The molecule has 1 aromatic carbocycles. The van der Waals surface area contributed by atoms with Crippen molar-refractivity contribution in [1.29, 1.82) is 0 Å². The van der Waals surface area contributed by atoms with Crippen molar-refractivity contribution >= 4 is 11.7 Å². The summed E-state index contributed by atoms with van der Waals surface area (Å²) in [6.45, 7) is 6.95. The molecule has 0 bridgehead atoms. The summed E-state index contributed by atoms with van der Waals surface area (Å²) >= 11 is 0. The highest BCUT2D eigenvalue weighted by Gasteiger charge is 2.13. The molecule has 2 N–H and O–H groups in total. The number of para-hydroxylation sites is 1. The quantitative estimate of drug-likeness (QED) is 0.708. The van der Waals surface area contributed by atoms with Crippen molar-refractivity contribution in [2.24, 2.45) is 0 Å². The van der Waals surface area contributed by atoms with Gasteiger partial charge in [0.05, 0.1) is 18.8 Å². The number of methoxy groups -OCH3 is 1. The Hall–Kier alpha value is -1.59. The van der Waals surface area contributed by atoms with Gasteiger partial charge in [-0.15, -0.1) is 0 Å². The van der Waals surface area contributed by atoms with E-state index in [2.05, 4.69) is 24.1 Å². The van der Waals surface area contributed by atoms with E-state index >= 15 is 0 Å². The van der Waals surface area contributed by atoms with E-state index in [1.165, 1.54) is 7.11 Å². The summed E-state index contributed by atoms with van der Waals surface area (Å²) < 4.78 is 4.73. The molecule has 1 aromatic rings. The lowest BCUT2D eigenvalue weighted by Gasteiger charge is -2.22. The van der Waals surface area contributed by atoms with Crippen LogP contribution in [0.4, 0.5) is 5.69 Å². The fourth-order valence-electron chi connectivity index (χ4n) is 2.00. The molecule has 20 heavy (non-hydrogen) atoms. The van der Waals surface area contributed by atoms with E-state index in [9.17, 15) is 9.90 Å². The van der Waals surface area contributed by atoms with E-state index in [1.807, 2.05) is 6.07 Å². The molecule has 0 saturated heterocycles. The van der Waals surface area contributed by atoms with Gasteiger partial charge in [0.1, 0.15) is 0 Å². The molecule has 5 nitrogen and oxygen atoms in total. The van der Waals surface area contributed by atoms with Crippen LogP contribution in [0.25, 0.3) is 0 Å². The van der Waals surface area contributed by atoms with E-state index in [-0.39, 0.29) is 5.97 Å². The number of rotatable bonds is 8. The van der Waals surface area contributed by atoms with Crippen LogP contribution in [0, 0.1) is 0 Å². The van der Waals surface area contributed by atoms with Crippen molar-refractivity contribution < 1.29 is 14.6 Å². The van der Waals surface area contributed by atoms with Gasteiger partial charge in [0.15, 0.2) is 0 Å². The molecule has 0 spiro atoms. The van der Waals surface area contributed by atoms with Crippen LogP contribution in [-0.4, -0.2) is 55.4 Å². The zero-order valence-corrected chi connectivity index (χ0v) is 12.4. The lowest BCUT2D eigenvalue weighted by atomic mass is 10.1. The van der Waals surface area contributed by atoms with Crippen LogP contribution in [0.3, 0.4) is 0 Å². The van der Waals surface area contributed by atoms with Crippen LogP contribution in [0.1, 0.15) is 24.2 Å². The molecular weight excluding hydrogens is 256 g/mol. The molecule has 0 amide bonds. The molecule has 0 aliphatic carbocycles. The molecule has 0 aliphatic rings. The number of hydrogen-bond donors (Lipinski definition) is 2. The Bertz CT molecular complexity index is 419. The molecule has 112 valence electrons. The van der Waals surface area contributed by atoms with E-state index in [4.69, 9.17) is 4.74 Å². The molecule has 0 radical (unpaired) electrons. The van der Waals surface area contributed by atoms with E-state index in [1.54, 1.807) is 18.2 Å². The van der Waals surface area contributed by atoms with Gasteiger partial charge in [-0.25, -0.2) is 4.79 Å². The summed E-state index contributed by atoms with van der Waals surface area (Å²) in [4.78, 5) is 13.8. The number of esters is 1. The number of anilines is 1. The maximum atomic E-state index is 11.6. The first-order chi connectivity index (χ1) is 9.62. The molecule has 0 heterocycles. The largest absolute Gasteiger partial charge is 0.465 e. The average Bonchev–Trinajstić information content (AvgIpc) is 2.50. The number of carbonyl (C=O) groups excluding carboxylic acids is 1. The average molecular weight is 280 g/mol. The third-order valence-electron chi connectivity index (χ3n) is 3.22. The molecule has 1 unspecified atom stereocenters. The van der Waals surface area contributed by atoms with Gasteiger partial charge in [0.2, 0.25) is 0 Å². The van der Waals surface area contributed by atoms with Crippen molar-refractivity contribution in [2.45, 2.75) is 20.0 Å². The monoisotopic (exact) mass is 280 g/mol. The summed E-state index contributed by atoms with van der Waals surface area (Å²) in [5, 5.41) is 13.1. The minimum Gasteiger partial charge on any atom is -0.465 e. The number of aliphatic hydroxyl groups excluding tert-OH is 1. The number of hydrogen-bond acceptors (Lipinski definition) is 5. The Kier molecular flexibility index (Phi) is 7.04. The maximum absolute atomic E-state index is 11.6. The zero-order chi connectivity index (χ0) is 15.0. The predicted molar refractivity (Wildman–Crippen MR) is 80.1 cm³/mol. The van der Waals surface area contributed by atoms with Gasteiger partial charge in [0, 0.05) is 18.8 Å². The predicted octanol–water partition coefficient (Wildman–Crippen LogP) is 1.59. The topological polar surface area (TPSA) is 61.8 Å². The Morgan fingerprint density at radius 3 is 2.60 bits per heavy atom. The molecule has 0 aromatic heterocycles. The highest BCUT2D eigenvalue weighted by Crippen LogP contribution is 2.15. The van der Waals surface area contributed by atoms with Crippen LogP contribution in [0.5, 0.6) is 0 Å². The first-order valence-corrected chi connectivity index (χ1v) is 6.93.